The van der Waals surface area contributed by atoms with Crippen molar-refractivity contribution in [2.75, 3.05) is 37.7 Å². The number of halogens is 2. The van der Waals surface area contributed by atoms with E-state index in [1.165, 1.54) is 0 Å². The average Bonchev–Trinajstić information content (AvgIpc) is 3.85. The molecule has 1 aromatic carbocycles. The lowest BCUT2D eigenvalue weighted by Crippen LogP contribution is -2.43. The Balaban J connectivity index is 0.00000172. The van der Waals surface area contributed by atoms with Crippen molar-refractivity contribution in [2.24, 2.45) is 0 Å². The highest BCUT2D eigenvalue weighted by molar-refractivity contribution is 6.33. The number of benzene rings is 1. The summed E-state index contributed by atoms with van der Waals surface area (Å²) in [4.78, 5) is 31.6. The van der Waals surface area contributed by atoms with Crippen LogP contribution in [0.25, 0.3) is 33.1 Å². The molecule has 0 radical (unpaired) electrons. The standard InChI is InChI=1S/C32H36ClFN8O3.C2H6/c1-18-12-19-16-42(18)29-22-14-35-28(26(34)27(22)38-30(39-29)45-17-32-7-4-9-41(32)10-5-8-32)25-20(6-2-3-11-44-31(43)37-19)23(33)13-24-21(25)15-36-40-24;1-2/h13-15,18-19H,2-12,16-17H2,1H3,(H,36,40)(H,37,43);1-2H3. The number of pyridine rings is 1. The van der Waals surface area contributed by atoms with E-state index in [2.05, 4.69) is 32.2 Å². The number of alkyl carbamates (subject to hydrolysis) is 1. The quantitative estimate of drug-likeness (QED) is 0.255. The predicted molar refractivity (Wildman–Crippen MR) is 180 cm³/mol. The van der Waals surface area contributed by atoms with Crippen molar-refractivity contribution >= 4 is 45.3 Å². The Morgan fingerprint density at radius 3 is 2.74 bits per heavy atom. The van der Waals surface area contributed by atoms with Gasteiger partial charge in [-0.1, -0.05) is 25.4 Å². The lowest BCUT2D eigenvalue weighted by Gasteiger charge is -2.31. The minimum atomic E-state index is -0.558. The third-order valence-electron chi connectivity index (χ3n) is 10.2. The van der Waals surface area contributed by atoms with E-state index < -0.39 is 11.9 Å². The summed E-state index contributed by atoms with van der Waals surface area (Å²) in [5.74, 6) is -0.0210. The summed E-state index contributed by atoms with van der Waals surface area (Å²) in [6, 6.07) is 1.80. The van der Waals surface area contributed by atoms with Gasteiger partial charge in [0.15, 0.2) is 5.82 Å². The first-order chi connectivity index (χ1) is 22.9. The molecule has 9 rings (SSSR count). The van der Waals surface area contributed by atoms with Crippen molar-refractivity contribution in [2.45, 2.75) is 89.8 Å². The summed E-state index contributed by atoms with van der Waals surface area (Å²) in [7, 11) is 0. The summed E-state index contributed by atoms with van der Waals surface area (Å²) in [6.07, 6.45) is 9.83. The molecule has 8 heterocycles. The molecule has 1 amide bonds. The number of H-pyrrole nitrogens is 1. The monoisotopic (exact) mass is 664 g/mol. The summed E-state index contributed by atoms with van der Waals surface area (Å²) < 4.78 is 28.9. The van der Waals surface area contributed by atoms with E-state index in [1.54, 1.807) is 18.5 Å². The van der Waals surface area contributed by atoms with Crippen molar-refractivity contribution in [3.05, 3.63) is 34.9 Å². The molecule has 2 atom stereocenters. The summed E-state index contributed by atoms with van der Waals surface area (Å²) in [5, 5.41) is 11.9. The number of anilines is 1. The molecule has 0 aliphatic carbocycles. The molecule has 0 saturated carbocycles. The highest BCUT2D eigenvalue weighted by atomic mass is 35.5. The van der Waals surface area contributed by atoms with Crippen LogP contribution in [-0.2, 0) is 11.2 Å². The number of aromatic amines is 1. The van der Waals surface area contributed by atoms with Gasteiger partial charge in [0.25, 0.3) is 0 Å². The maximum atomic E-state index is 17.0. The number of rotatable bonds is 3. The molecule has 6 bridgehead atoms. The number of fused-ring (bicyclic) bond motifs is 9. The first-order valence-electron chi connectivity index (χ1n) is 17.0. The van der Waals surface area contributed by atoms with Crippen molar-refractivity contribution < 1.29 is 18.7 Å². The normalized spacial score (nSPS) is 22.5. The molecular weight excluding hydrogens is 623 g/mol. The van der Waals surface area contributed by atoms with Gasteiger partial charge in [0.2, 0.25) is 0 Å². The molecule has 13 heteroatoms. The van der Waals surface area contributed by atoms with E-state index in [0.717, 1.165) is 49.7 Å². The highest BCUT2D eigenvalue weighted by Gasteiger charge is 2.45. The fourth-order valence-corrected chi connectivity index (χ4v) is 8.26. The Labute approximate surface area is 278 Å². The van der Waals surface area contributed by atoms with E-state index >= 15 is 4.39 Å². The Hall–Kier alpha value is -3.77. The van der Waals surface area contributed by atoms with Gasteiger partial charge in [-0.25, -0.2) is 9.18 Å². The van der Waals surface area contributed by atoms with Crippen LogP contribution in [0.3, 0.4) is 0 Å². The van der Waals surface area contributed by atoms with Gasteiger partial charge in [0, 0.05) is 34.8 Å². The number of aromatic nitrogens is 5. The SMILES string of the molecule is CC.CC1CC2CN1c1nc(OCC34CCCN3CCC4)nc3c(F)c(ncc13)-c1c(c(Cl)cc3[nH]ncc13)CCCCOC(=O)N2. The minimum absolute atomic E-state index is 0.00621. The van der Waals surface area contributed by atoms with Crippen LogP contribution >= 0.6 is 11.6 Å². The van der Waals surface area contributed by atoms with Crippen LogP contribution in [0, 0.1) is 5.82 Å². The van der Waals surface area contributed by atoms with Crippen molar-refractivity contribution in [1.29, 1.82) is 0 Å². The molecule has 3 fully saturated rings. The van der Waals surface area contributed by atoms with Gasteiger partial charge >= 0.3 is 12.1 Å². The first kappa shape index (κ1) is 31.8. The fourth-order valence-electron chi connectivity index (χ4n) is 7.96. The highest BCUT2D eigenvalue weighted by Crippen LogP contribution is 2.42. The molecule has 4 aromatic rings. The van der Waals surface area contributed by atoms with E-state index in [-0.39, 0.29) is 41.5 Å². The van der Waals surface area contributed by atoms with Crippen LogP contribution in [0.15, 0.2) is 18.5 Å². The number of hydrogen-bond acceptors (Lipinski definition) is 9. The molecule has 5 aliphatic rings. The van der Waals surface area contributed by atoms with Crippen molar-refractivity contribution in [1.82, 2.24) is 35.4 Å². The van der Waals surface area contributed by atoms with Gasteiger partial charge in [-0.05, 0) is 83.0 Å². The summed E-state index contributed by atoms with van der Waals surface area (Å²) in [6.45, 7) is 9.42. The fraction of sp³-hybridized carbons (Fsp3) is 0.559. The number of nitrogens with zero attached hydrogens (tertiary/aromatic N) is 6. The molecule has 0 spiro atoms. The second-order valence-electron chi connectivity index (χ2n) is 12.9. The lowest BCUT2D eigenvalue weighted by molar-refractivity contribution is 0.108. The zero-order valence-electron chi connectivity index (χ0n) is 27.2. The Kier molecular flexibility index (Phi) is 8.82. The van der Waals surface area contributed by atoms with Gasteiger partial charge in [-0.3, -0.25) is 15.0 Å². The zero-order chi connectivity index (χ0) is 32.7. The van der Waals surface area contributed by atoms with Gasteiger partial charge in [0.05, 0.1) is 35.3 Å². The van der Waals surface area contributed by atoms with Crippen LogP contribution in [0.4, 0.5) is 15.0 Å². The molecule has 5 aliphatic heterocycles. The van der Waals surface area contributed by atoms with Crippen LogP contribution in [0.1, 0.15) is 71.3 Å². The van der Waals surface area contributed by atoms with E-state index in [4.69, 9.17) is 36.0 Å². The third kappa shape index (κ3) is 5.73. The second-order valence-corrected chi connectivity index (χ2v) is 13.3. The van der Waals surface area contributed by atoms with Gasteiger partial charge < -0.3 is 19.7 Å². The van der Waals surface area contributed by atoms with E-state index in [9.17, 15) is 4.79 Å². The molecule has 3 saturated heterocycles. The predicted octanol–water partition coefficient (Wildman–Crippen LogP) is 6.42. The zero-order valence-corrected chi connectivity index (χ0v) is 28.0. The van der Waals surface area contributed by atoms with Crippen LogP contribution < -0.4 is 15.0 Å². The van der Waals surface area contributed by atoms with E-state index in [0.29, 0.717) is 66.1 Å². The van der Waals surface area contributed by atoms with Gasteiger partial charge in [-0.2, -0.15) is 15.1 Å². The largest absolute Gasteiger partial charge is 0.461 e. The average molecular weight is 665 g/mol. The maximum absolute atomic E-state index is 17.0. The molecule has 2 N–H and O–H groups in total. The molecular formula is C34H42ClFN8O3. The Morgan fingerprint density at radius 2 is 1.94 bits per heavy atom. The van der Waals surface area contributed by atoms with Crippen LogP contribution in [-0.4, -0.2) is 86.6 Å². The molecule has 250 valence electrons. The Bertz CT molecular complexity index is 1790. The van der Waals surface area contributed by atoms with Crippen molar-refractivity contribution in [3.8, 4) is 17.3 Å². The number of ether oxygens (including phenoxy) is 2. The number of amides is 1. The summed E-state index contributed by atoms with van der Waals surface area (Å²) >= 11 is 6.81. The minimum Gasteiger partial charge on any atom is -0.461 e. The third-order valence-corrected chi connectivity index (χ3v) is 10.5. The Morgan fingerprint density at radius 1 is 1.13 bits per heavy atom. The molecule has 11 nitrogen and oxygen atoms in total. The number of carbonyl (C=O) groups excluding carboxylic acids is 1. The number of carbonyl (C=O) groups is 1. The molecule has 3 aromatic heterocycles. The number of hydrogen-bond donors (Lipinski definition) is 2. The maximum Gasteiger partial charge on any atom is 0.407 e. The lowest BCUT2D eigenvalue weighted by atomic mass is 9.95. The summed E-state index contributed by atoms with van der Waals surface area (Å²) in [5.41, 5.74) is 2.30. The van der Waals surface area contributed by atoms with Crippen molar-refractivity contribution in [3.63, 3.8) is 0 Å². The van der Waals surface area contributed by atoms with Crippen LogP contribution in [0.2, 0.25) is 5.02 Å². The molecule has 47 heavy (non-hydrogen) atoms. The second kappa shape index (κ2) is 13.0. The smallest absolute Gasteiger partial charge is 0.407 e. The van der Waals surface area contributed by atoms with Gasteiger partial charge in [-0.15, -0.1) is 0 Å². The first-order valence-corrected chi connectivity index (χ1v) is 17.4. The topological polar surface area (TPSA) is 121 Å². The van der Waals surface area contributed by atoms with Gasteiger partial charge in [0.1, 0.15) is 23.6 Å². The van der Waals surface area contributed by atoms with Crippen LogP contribution in [0.5, 0.6) is 6.01 Å². The molecule has 2 unspecified atom stereocenters. The van der Waals surface area contributed by atoms with E-state index in [1.807, 2.05) is 13.8 Å². The number of nitrogens with one attached hydrogen (secondary N) is 2.